The predicted molar refractivity (Wildman–Crippen MR) is 120 cm³/mol. The summed E-state index contributed by atoms with van der Waals surface area (Å²) in [6, 6.07) is 7.66. The van der Waals surface area contributed by atoms with Crippen molar-refractivity contribution in [1.82, 2.24) is 15.2 Å². The van der Waals surface area contributed by atoms with Gasteiger partial charge in [0.05, 0.1) is 17.0 Å². The van der Waals surface area contributed by atoms with Crippen molar-refractivity contribution >= 4 is 38.6 Å². The smallest absolute Gasteiger partial charge is 0.254 e. The normalized spacial score (nSPS) is 16.8. The van der Waals surface area contributed by atoms with Crippen LogP contribution in [0.3, 0.4) is 0 Å². The molecule has 1 aliphatic heterocycles. The van der Waals surface area contributed by atoms with Gasteiger partial charge in [0.1, 0.15) is 0 Å². The summed E-state index contributed by atoms with van der Waals surface area (Å²) in [7, 11) is 0. The van der Waals surface area contributed by atoms with E-state index in [0.29, 0.717) is 18.7 Å². The third-order valence-corrected chi connectivity index (χ3v) is 6.03. The molecule has 0 aliphatic carbocycles. The van der Waals surface area contributed by atoms with Crippen molar-refractivity contribution < 1.29 is 9.59 Å². The highest BCUT2D eigenvalue weighted by atomic mass is 79.9. The van der Waals surface area contributed by atoms with Crippen molar-refractivity contribution in [2.45, 2.75) is 52.4 Å². The zero-order chi connectivity index (χ0) is 20.8. The number of carbonyl (C=O) groups excluding carboxylic acids is 2. The number of nitrogens with one attached hydrogen (secondary N) is 1. The zero-order valence-electron chi connectivity index (χ0n) is 17.3. The summed E-state index contributed by atoms with van der Waals surface area (Å²) in [4.78, 5) is 32.3. The van der Waals surface area contributed by atoms with Gasteiger partial charge in [-0.1, -0.05) is 42.1 Å². The van der Waals surface area contributed by atoms with Crippen molar-refractivity contribution in [3.63, 3.8) is 0 Å². The van der Waals surface area contributed by atoms with Crippen LogP contribution in [0, 0.1) is 12.8 Å². The Morgan fingerprint density at radius 1 is 1.24 bits per heavy atom. The number of nitrogens with zero attached hydrogens (tertiary/aromatic N) is 2. The molecule has 5 nitrogen and oxygen atoms in total. The molecule has 2 heterocycles. The molecule has 0 spiro atoms. The Balaban J connectivity index is 1.69. The Morgan fingerprint density at radius 2 is 2.07 bits per heavy atom. The van der Waals surface area contributed by atoms with Crippen LogP contribution in [0.2, 0.25) is 0 Å². The highest BCUT2D eigenvalue weighted by Gasteiger charge is 2.29. The quantitative estimate of drug-likeness (QED) is 0.601. The molecule has 0 radical (unpaired) electrons. The van der Waals surface area contributed by atoms with Gasteiger partial charge in [0, 0.05) is 35.2 Å². The van der Waals surface area contributed by atoms with Crippen molar-refractivity contribution in [2.75, 3.05) is 19.6 Å². The first-order chi connectivity index (χ1) is 14.0. The molecular formula is C23H30BrN3O2. The van der Waals surface area contributed by atoms with E-state index in [1.807, 2.05) is 36.1 Å². The highest BCUT2D eigenvalue weighted by molar-refractivity contribution is 9.10. The summed E-state index contributed by atoms with van der Waals surface area (Å²) >= 11 is 3.49. The number of benzene rings is 1. The Kier molecular flexibility index (Phi) is 7.64. The minimum Gasteiger partial charge on any atom is -0.356 e. The standard InChI is InChI=1S/C23H30BrN3O2/c1-3-4-5-6-11-25-22(28)17-8-7-12-27(15-17)23(29)20-13-16(2)26-21-10-9-18(24)14-19(20)21/h9-10,13-14,17H,3-8,11-12,15H2,1-2H3,(H,25,28). The summed E-state index contributed by atoms with van der Waals surface area (Å²) in [5.74, 6) is -0.0589. The molecule has 0 bridgehead atoms. The number of carbonyl (C=O) groups is 2. The Morgan fingerprint density at radius 3 is 2.86 bits per heavy atom. The molecule has 1 aliphatic rings. The summed E-state index contributed by atoms with van der Waals surface area (Å²) in [6.07, 6.45) is 6.25. The van der Waals surface area contributed by atoms with E-state index >= 15 is 0 Å². The van der Waals surface area contributed by atoms with Crippen LogP contribution in [0.4, 0.5) is 0 Å². The van der Waals surface area contributed by atoms with E-state index in [1.54, 1.807) is 0 Å². The van der Waals surface area contributed by atoms with Gasteiger partial charge >= 0.3 is 0 Å². The molecular weight excluding hydrogens is 430 g/mol. The van der Waals surface area contributed by atoms with Crippen LogP contribution in [0.25, 0.3) is 10.9 Å². The lowest BCUT2D eigenvalue weighted by Gasteiger charge is -2.32. The number of aromatic nitrogens is 1. The lowest BCUT2D eigenvalue weighted by atomic mass is 9.96. The summed E-state index contributed by atoms with van der Waals surface area (Å²) < 4.78 is 0.920. The number of rotatable bonds is 7. The fraction of sp³-hybridized carbons (Fsp3) is 0.522. The third-order valence-electron chi connectivity index (χ3n) is 5.54. The Bertz CT molecular complexity index is 884. The van der Waals surface area contributed by atoms with Crippen LogP contribution in [-0.2, 0) is 4.79 Å². The number of pyridine rings is 1. The second kappa shape index (κ2) is 10.2. The van der Waals surface area contributed by atoms with Gasteiger partial charge < -0.3 is 10.2 Å². The van der Waals surface area contributed by atoms with Gasteiger partial charge in [-0.2, -0.15) is 0 Å². The maximum absolute atomic E-state index is 13.3. The maximum Gasteiger partial charge on any atom is 0.254 e. The minimum atomic E-state index is -0.125. The van der Waals surface area contributed by atoms with Crippen LogP contribution in [-0.4, -0.2) is 41.3 Å². The molecule has 1 fully saturated rings. The van der Waals surface area contributed by atoms with Gasteiger partial charge in [-0.05, 0) is 50.5 Å². The van der Waals surface area contributed by atoms with Crippen LogP contribution < -0.4 is 5.32 Å². The van der Waals surface area contributed by atoms with Crippen molar-refractivity contribution in [3.8, 4) is 0 Å². The third kappa shape index (κ3) is 5.56. The topological polar surface area (TPSA) is 62.3 Å². The lowest BCUT2D eigenvalue weighted by molar-refractivity contribution is -0.126. The molecule has 1 atom stereocenters. The van der Waals surface area contributed by atoms with E-state index in [4.69, 9.17) is 0 Å². The fourth-order valence-corrected chi connectivity index (χ4v) is 4.32. The molecule has 29 heavy (non-hydrogen) atoms. The predicted octanol–water partition coefficient (Wildman–Crippen LogP) is 4.85. The molecule has 1 aromatic heterocycles. The number of fused-ring (bicyclic) bond motifs is 1. The molecule has 2 aromatic rings. The molecule has 1 N–H and O–H groups in total. The molecule has 1 unspecified atom stereocenters. The lowest BCUT2D eigenvalue weighted by Crippen LogP contribution is -2.45. The summed E-state index contributed by atoms with van der Waals surface area (Å²) in [5.41, 5.74) is 2.30. The van der Waals surface area contributed by atoms with Gasteiger partial charge in [-0.15, -0.1) is 0 Å². The fourth-order valence-electron chi connectivity index (χ4n) is 3.96. The molecule has 6 heteroatoms. The van der Waals surface area contributed by atoms with E-state index in [1.165, 1.54) is 12.8 Å². The summed E-state index contributed by atoms with van der Waals surface area (Å²) in [5, 5.41) is 3.91. The SMILES string of the molecule is CCCCCCNC(=O)C1CCCN(C(=O)c2cc(C)nc3ccc(Br)cc23)C1. The number of hydrogen-bond acceptors (Lipinski definition) is 3. The largest absolute Gasteiger partial charge is 0.356 e. The van der Waals surface area contributed by atoms with Crippen LogP contribution in [0.1, 0.15) is 61.5 Å². The summed E-state index contributed by atoms with van der Waals surface area (Å²) in [6.45, 7) is 5.99. The second-order valence-corrected chi connectivity index (χ2v) is 8.83. The maximum atomic E-state index is 13.3. The average molecular weight is 460 g/mol. The highest BCUT2D eigenvalue weighted by Crippen LogP contribution is 2.26. The van der Waals surface area contributed by atoms with Crippen molar-refractivity contribution in [2.24, 2.45) is 5.92 Å². The van der Waals surface area contributed by atoms with Crippen molar-refractivity contribution in [3.05, 3.63) is 40.0 Å². The number of halogens is 1. The first-order valence-electron chi connectivity index (χ1n) is 10.6. The molecule has 1 aromatic carbocycles. The number of amides is 2. The molecule has 1 saturated heterocycles. The molecule has 156 valence electrons. The first-order valence-corrected chi connectivity index (χ1v) is 11.4. The second-order valence-electron chi connectivity index (χ2n) is 7.91. The molecule has 3 rings (SSSR count). The van der Waals surface area contributed by atoms with E-state index in [9.17, 15) is 9.59 Å². The van der Waals surface area contributed by atoms with E-state index < -0.39 is 0 Å². The number of unbranched alkanes of at least 4 members (excludes halogenated alkanes) is 3. The van der Waals surface area contributed by atoms with Gasteiger partial charge in [-0.3, -0.25) is 14.6 Å². The van der Waals surface area contributed by atoms with Crippen LogP contribution >= 0.6 is 15.9 Å². The van der Waals surface area contributed by atoms with Gasteiger partial charge in [-0.25, -0.2) is 0 Å². The van der Waals surface area contributed by atoms with Gasteiger partial charge in [0.25, 0.3) is 5.91 Å². The van der Waals surface area contributed by atoms with Gasteiger partial charge in [0.2, 0.25) is 5.91 Å². The number of hydrogen-bond donors (Lipinski definition) is 1. The monoisotopic (exact) mass is 459 g/mol. The number of piperidine rings is 1. The minimum absolute atomic E-state index is 0.0148. The van der Waals surface area contributed by atoms with Crippen molar-refractivity contribution in [1.29, 1.82) is 0 Å². The number of likely N-dealkylation sites (tertiary alicyclic amines) is 1. The Labute approximate surface area is 181 Å². The zero-order valence-corrected chi connectivity index (χ0v) is 18.9. The van der Waals surface area contributed by atoms with Crippen LogP contribution in [0.15, 0.2) is 28.7 Å². The van der Waals surface area contributed by atoms with E-state index in [0.717, 1.165) is 53.3 Å². The Hall–Kier alpha value is -1.95. The first kappa shape index (κ1) is 21.8. The average Bonchev–Trinajstić information content (AvgIpc) is 2.72. The number of aryl methyl sites for hydroxylation is 1. The molecule has 2 amide bonds. The van der Waals surface area contributed by atoms with Gasteiger partial charge in [0.15, 0.2) is 0 Å². The van der Waals surface area contributed by atoms with E-state index in [2.05, 4.69) is 33.2 Å². The van der Waals surface area contributed by atoms with E-state index in [-0.39, 0.29) is 17.7 Å². The molecule has 0 saturated carbocycles. The van der Waals surface area contributed by atoms with Crippen LogP contribution in [0.5, 0.6) is 0 Å².